The summed E-state index contributed by atoms with van der Waals surface area (Å²) in [5.74, 6) is -0.246. The van der Waals surface area contributed by atoms with Gasteiger partial charge in [0.1, 0.15) is 12.1 Å². The third-order valence-electron chi connectivity index (χ3n) is 1.68. The molecule has 0 fully saturated rings. The highest BCUT2D eigenvalue weighted by molar-refractivity contribution is 5.56. The van der Waals surface area contributed by atoms with Crippen molar-refractivity contribution in [1.29, 1.82) is 0 Å². The largest absolute Gasteiger partial charge is 0.303 e. The first-order valence-electron chi connectivity index (χ1n) is 3.43. The van der Waals surface area contributed by atoms with Crippen LogP contribution in [0.15, 0.2) is 18.2 Å². The second-order valence-electron chi connectivity index (χ2n) is 2.39. The van der Waals surface area contributed by atoms with Gasteiger partial charge in [0, 0.05) is 6.42 Å². The summed E-state index contributed by atoms with van der Waals surface area (Å²) in [6.45, 7) is 1.67. The summed E-state index contributed by atoms with van der Waals surface area (Å²) in [6, 6.07) is 4.76. The van der Waals surface area contributed by atoms with Crippen LogP contribution in [0.2, 0.25) is 0 Å². The zero-order valence-corrected chi connectivity index (χ0v) is 6.30. The van der Waals surface area contributed by atoms with Crippen LogP contribution in [-0.2, 0) is 11.2 Å². The highest BCUT2D eigenvalue weighted by atomic mass is 19.1. The van der Waals surface area contributed by atoms with Gasteiger partial charge in [-0.3, -0.25) is 0 Å². The Morgan fingerprint density at radius 3 is 2.91 bits per heavy atom. The molecule has 1 nitrogen and oxygen atoms in total. The van der Waals surface area contributed by atoms with E-state index in [1.165, 1.54) is 6.07 Å². The van der Waals surface area contributed by atoms with Crippen molar-refractivity contribution in [1.82, 2.24) is 0 Å². The average molecular weight is 152 g/mol. The molecule has 1 aromatic rings. The standard InChI is InChI=1S/C9H9FO/c1-7-8(5-6-11)3-2-4-9(7)10/h2-4,6H,5H2,1H3. The monoisotopic (exact) mass is 152 g/mol. The van der Waals surface area contributed by atoms with Crippen LogP contribution >= 0.6 is 0 Å². The number of hydrogen-bond acceptors (Lipinski definition) is 1. The fourth-order valence-electron chi connectivity index (χ4n) is 0.963. The summed E-state index contributed by atoms with van der Waals surface area (Å²) < 4.78 is 12.8. The van der Waals surface area contributed by atoms with E-state index in [0.717, 1.165) is 11.8 Å². The number of carbonyl (C=O) groups excluding carboxylic acids is 1. The molecule has 1 aromatic carbocycles. The third-order valence-corrected chi connectivity index (χ3v) is 1.68. The number of halogens is 1. The molecule has 0 aliphatic rings. The normalized spacial score (nSPS) is 9.64. The summed E-state index contributed by atoms with van der Waals surface area (Å²) in [6.07, 6.45) is 1.07. The van der Waals surface area contributed by atoms with Crippen molar-refractivity contribution >= 4 is 6.29 Å². The van der Waals surface area contributed by atoms with Gasteiger partial charge >= 0.3 is 0 Å². The minimum Gasteiger partial charge on any atom is -0.303 e. The lowest BCUT2D eigenvalue weighted by Crippen LogP contribution is -1.92. The molecule has 0 amide bonds. The van der Waals surface area contributed by atoms with E-state index in [-0.39, 0.29) is 5.82 Å². The average Bonchev–Trinajstić information content (AvgIpc) is 1.99. The zero-order chi connectivity index (χ0) is 8.27. The van der Waals surface area contributed by atoms with Gasteiger partial charge in [0.25, 0.3) is 0 Å². The number of benzene rings is 1. The van der Waals surface area contributed by atoms with E-state index in [0.29, 0.717) is 12.0 Å². The van der Waals surface area contributed by atoms with Crippen LogP contribution in [-0.4, -0.2) is 6.29 Å². The van der Waals surface area contributed by atoms with E-state index < -0.39 is 0 Å². The Hall–Kier alpha value is -1.18. The second kappa shape index (κ2) is 3.28. The molecule has 2 heteroatoms. The maximum Gasteiger partial charge on any atom is 0.126 e. The third kappa shape index (κ3) is 1.64. The van der Waals surface area contributed by atoms with E-state index in [1.54, 1.807) is 19.1 Å². The van der Waals surface area contributed by atoms with Crippen molar-refractivity contribution in [2.75, 3.05) is 0 Å². The van der Waals surface area contributed by atoms with E-state index in [1.807, 2.05) is 0 Å². The molecule has 0 aliphatic heterocycles. The number of hydrogen-bond donors (Lipinski definition) is 0. The summed E-state index contributed by atoms with van der Waals surface area (Å²) in [7, 11) is 0. The molecule has 0 saturated carbocycles. The Balaban J connectivity index is 3.05. The SMILES string of the molecule is Cc1c(F)cccc1CC=O. The number of rotatable bonds is 2. The number of aldehydes is 1. The molecule has 0 atom stereocenters. The highest BCUT2D eigenvalue weighted by Gasteiger charge is 2.00. The van der Waals surface area contributed by atoms with Crippen LogP contribution in [0.5, 0.6) is 0 Å². The minimum atomic E-state index is -0.246. The Morgan fingerprint density at radius 1 is 1.55 bits per heavy atom. The van der Waals surface area contributed by atoms with Gasteiger partial charge in [-0.25, -0.2) is 4.39 Å². The predicted octanol–water partition coefficient (Wildman–Crippen LogP) is 1.88. The summed E-state index contributed by atoms with van der Waals surface area (Å²) in [5.41, 5.74) is 1.33. The fraction of sp³-hybridized carbons (Fsp3) is 0.222. The van der Waals surface area contributed by atoms with E-state index in [2.05, 4.69) is 0 Å². The van der Waals surface area contributed by atoms with Gasteiger partial charge in [0.2, 0.25) is 0 Å². The molecule has 1 rings (SSSR count). The van der Waals surface area contributed by atoms with Crippen LogP contribution in [0.25, 0.3) is 0 Å². The molecule has 0 aromatic heterocycles. The van der Waals surface area contributed by atoms with Crippen molar-refractivity contribution in [3.05, 3.63) is 35.1 Å². The molecule has 0 heterocycles. The predicted molar refractivity (Wildman–Crippen MR) is 40.9 cm³/mol. The van der Waals surface area contributed by atoms with Gasteiger partial charge in [-0.15, -0.1) is 0 Å². The van der Waals surface area contributed by atoms with Crippen molar-refractivity contribution in [3.63, 3.8) is 0 Å². The number of carbonyl (C=O) groups is 1. The fourth-order valence-corrected chi connectivity index (χ4v) is 0.963. The molecule has 0 saturated heterocycles. The van der Waals surface area contributed by atoms with Crippen LogP contribution in [0, 0.1) is 12.7 Å². The van der Waals surface area contributed by atoms with Gasteiger partial charge in [-0.1, -0.05) is 12.1 Å². The second-order valence-corrected chi connectivity index (χ2v) is 2.39. The Labute approximate surface area is 64.9 Å². The van der Waals surface area contributed by atoms with Crippen LogP contribution in [0.3, 0.4) is 0 Å². The lowest BCUT2D eigenvalue weighted by atomic mass is 10.1. The van der Waals surface area contributed by atoms with Gasteiger partial charge in [-0.05, 0) is 24.1 Å². The molecule has 0 radical (unpaired) electrons. The molecule has 0 spiro atoms. The lowest BCUT2D eigenvalue weighted by molar-refractivity contribution is -0.107. The maximum absolute atomic E-state index is 12.8. The molecule has 58 valence electrons. The summed E-state index contributed by atoms with van der Waals surface area (Å²) >= 11 is 0. The van der Waals surface area contributed by atoms with Crippen molar-refractivity contribution < 1.29 is 9.18 Å². The highest BCUT2D eigenvalue weighted by Crippen LogP contribution is 2.11. The Bertz CT molecular complexity index is 268. The van der Waals surface area contributed by atoms with Gasteiger partial charge < -0.3 is 4.79 Å². The first-order chi connectivity index (χ1) is 5.25. The lowest BCUT2D eigenvalue weighted by Gasteiger charge is -2.00. The van der Waals surface area contributed by atoms with Crippen molar-refractivity contribution in [2.45, 2.75) is 13.3 Å². The molecular weight excluding hydrogens is 143 g/mol. The maximum atomic E-state index is 12.8. The molecule has 11 heavy (non-hydrogen) atoms. The van der Waals surface area contributed by atoms with Gasteiger partial charge in [0.15, 0.2) is 0 Å². The van der Waals surface area contributed by atoms with Crippen molar-refractivity contribution in [2.24, 2.45) is 0 Å². The minimum absolute atomic E-state index is 0.246. The van der Waals surface area contributed by atoms with E-state index in [9.17, 15) is 9.18 Å². The smallest absolute Gasteiger partial charge is 0.126 e. The van der Waals surface area contributed by atoms with Crippen LogP contribution < -0.4 is 0 Å². The molecular formula is C9H9FO. The quantitative estimate of drug-likeness (QED) is 0.591. The van der Waals surface area contributed by atoms with E-state index >= 15 is 0 Å². The summed E-state index contributed by atoms with van der Waals surface area (Å²) in [4.78, 5) is 10.1. The Morgan fingerprint density at radius 2 is 2.27 bits per heavy atom. The Kier molecular flexibility index (Phi) is 2.36. The first-order valence-corrected chi connectivity index (χ1v) is 3.43. The molecule has 0 N–H and O–H groups in total. The van der Waals surface area contributed by atoms with Gasteiger partial charge in [0.05, 0.1) is 0 Å². The van der Waals surface area contributed by atoms with Crippen LogP contribution in [0.1, 0.15) is 11.1 Å². The summed E-state index contributed by atoms with van der Waals surface area (Å²) in [5, 5.41) is 0. The molecule has 0 aliphatic carbocycles. The topological polar surface area (TPSA) is 17.1 Å². The molecule has 0 bridgehead atoms. The zero-order valence-electron chi connectivity index (χ0n) is 6.30. The van der Waals surface area contributed by atoms with Crippen molar-refractivity contribution in [3.8, 4) is 0 Å². The first kappa shape index (κ1) is 7.92. The van der Waals surface area contributed by atoms with Crippen LogP contribution in [0.4, 0.5) is 4.39 Å². The van der Waals surface area contributed by atoms with Gasteiger partial charge in [-0.2, -0.15) is 0 Å². The van der Waals surface area contributed by atoms with E-state index in [4.69, 9.17) is 0 Å². The molecule has 0 unspecified atom stereocenters.